The summed E-state index contributed by atoms with van der Waals surface area (Å²) in [7, 11) is 1.85. The van der Waals surface area contributed by atoms with Gasteiger partial charge in [-0.2, -0.15) is 5.10 Å². The van der Waals surface area contributed by atoms with Crippen LogP contribution in [0, 0.1) is 12.7 Å². The van der Waals surface area contributed by atoms with Gasteiger partial charge in [0.05, 0.1) is 5.69 Å². The van der Waals surface area contributed by atoms with E-state index >= 15 is 0 Å². The first kappa shape index (κ1) is 11.8. The minimum absolute atomic E-state index is 0.242. The Labute approximate surface area is 100 Å². The summed E-state index contributed by atoms with van der Waals surface area (Å²) in [4.78, 5) is 0. The van der Waals surface area contributed by atoms with Crippen LogP contribution in [0.15, 0.2) is 30.5 Å². The van der Waals surface area contributed by atoms with Crippen molar-refractivity contribution in [3.63, 3.8) is 0 Å². The molecule has 0 saturated carbocycles. The van der Waals surface area contributed by atoms with E-state index in [1.165, 1.54) is 6.07 Å². The first-order valence-electron chi connectivity index (χ1n) is 5.56. The minimum atomic E-state index is -0.356. The van der Waals surface area contributed by atoms with E-state index in [2.05, 4.69) is 5.10 Å². The number of benzene rings is 1. The normalized spacial score (nSPS) is 12.7. The summed E-state index contributed by atoms with van der Waals surface area (Å²) < 4.78 is 15.4. The number of aryl methyl sites for hydroxylation is 2. The Morgan fingerprint density at radius 2 is 2.18 bits per heavy atom. The molecule has 0 aliphatic rings. The molecule has 0 radical (unpaired) electrons. The maximum absolute atomic E-state index is 13.7. The van der Waals surface area contributed by atoms with Crippen molar-refractivity contribution in [2.75, 3.05) is 0 Å². The van der Waals surface area contributed by atoms with E-state index in [-0.39, 0.29) is 11.9 Å². The summed E-state index contributed by atoms with van der Waals surface area (Å²) in [6.45, 7) is 1.86. The van der Waals surface area contributed by atoms with E-state index in [0.29, 0.717) is 12.0 Å². The van der Waals surface area contributed by atoms with Crippen molar-refractivity contribution in [3.8, 4) is 0 Å². The zero-order chi connectivity index (χ0) is 12.4. The number of hydrogen-bond donors (Lipinski definition) is 1. The van der Waals surface area contributed by atoms with Crippen LogP contribution in [0.5, 0.6) is 0 Å². The molecular weight excluding hydrogens is 217 g/mol. The first-order chi connectivity index (χ1) is 8.06. The van der Waals surface area contributed by atoms with Crippen LogP contribution in [0.4, 0.5) is 4.39 Å². The average molecular weight is 233 g/mol. The van der Waals surface area contributed by atoms with E-state index in [9.17, 15) is 4.39 Å². The Hall–Kier alpha value is -1.68. The highest BCUT2D eigenvalue weighted by atomic mass is 19.1. The van der Waals surface area contributed by atoms with Crippen molar-refractivity contribution in [3.05, 3.63) is 53.1 Å². The fourth-order valence-electron chi connectivity index (χ4n) is 1.84. The van der Waals surface area contributed by atoms with E-state index < -0.39 is 0 Å². The molecule has 90 valence electrons. The Kier molecular flexibility index (Phi) is 3.24. The van der Waals surface area contributed by atoms with Crippen LogP contribution in [0.25, 0.3) is 0 Å². The lowest BCUT2D eigenvalue weighted by molar-refractivity contribution is 0.575. The molecule has 2 N–H and O–H groups in total. The second kappa shape index (κ2) is 4.67. The zero-order valence-electron chi connectivity index (χ0n) is 10.0. The highest BCUT2D eigenvalue weighted by Gasteiger charge is 2.13. The lowest BCUT2D eigenvalue weighted by Gasteiger charge is -2.12. The van der Waals surface area contributed by atoms with Gasteiger partial charge in [-0.05, 0) is 24.6 Å². The zero-order valence-corrected chi connectivity index (χ0v) is 10.0. The quantitative estimate of drug-likeness (QED) is 0.882. The van der Waals surface area contributed by atoms with Crippen molar-refractivity contribution < 1.29 is 4.39 Å². The lowest BCUT2D eigenvalue weighted by Crippen LogP contribution is -2.15. The van der Waals surface area contributed by atoms with Crippen molar-refractivity contribution in [2.45, 2.75) is 19.4 Å². The highest BCUT2D eigenvalue weighted by Crippen LogP contribution is 2.19. The molecule has 2 rings (SSSR count). The van der Waals surface area contributed by atoms with Gasteiger partial charge in [-0.15, -0.1) is 0 Å². The summed E-state index contributed by atoms with van der Waals surface area (Å²) in [6.07, 6.45) is 2.40. The summed E-state index contributed by atoms with van der Waals surface area (Å²) in [5.74, 6) is -0.242. The van der Waals surface area contributed by atoms with Crippen molar-refractivity contribution >= 4 is 0 Å². The van der Waals surface area contributed by atoms with Gasteiger partial charge < -0.3 is 5.73 Å². The van der Waals surface area contributed by atoms with Crippen LogP contribution >= 0.6 is 0 Å². The third kappa shape index (κ3) is 2.71. The molecule has 0 bridgehead atoms. The van der Waals surface area contributed by atoms with Crippen LogP contribution in [0.1, 0.15) is 22.9 Å². The molecule has 1 atom stereocenters. The lowest BCUT2D eigenvalue weighted by atomic mass is 10.0. The molecule has 0 amide bonds. The molecule has 17 heavy (non-hydrogen) atoms. The smallest absolute Gasteiger partial charge is 0.128 e. The van der Waals surface area contributed by atoms with Gasteiger partial charge in [0.25, 0.3) is 0 Å². The number of hydrogen-bond acceptors (Lipinski definition) is 2. The van der Waals surface area contributed by atoms with Crippen molar-refractivity contribution in [1.82, 2.24) is 9.78 Å². The summed E-state index contributed by atoms with van der Waals surface area (Å²) in [5, 5.41) is 4.24. The molecular formula is C13H16FN3. The fourth-order valence-corrected chi connectivity index (χ4v) is 1.84. The highest BCUT2D eigenvalue weighted by molar-refractivity contribution is 5.26. The Morgan fingerprint density at radius 1 is 1.41 bits per heavy atom. The van der Waals surface area contributed by atoms with Crippen molar-refractivity contribution in [2.24, 2.45) is 12.8 Å². The van der Waals surface area contributed by atoms with Gasteiger partial charge in [-0.25, -0.2) is 4.39 Å². The van der Waals surface area contributed by atoms with Gasteiger partial charge in [0, 0.05) is 31.3 Å². The molecule has 0 saturated heterocycles. The number of nitrogens with two attached hydrogens (primary N) is 1. The van der Waals surface area contributed by atoms with E-state index in [1.54, 1.807) is 10.7 Å². The average Bonchev–Trinajstić information content (AvgIpc) is 2.63. The first-order valence-corrected chi connectivity index (χ1v) is 5.56. The van der Waals surface area contributed by atoms with Crippen LogP contribution in [-0.4, -0.2) is 9.78 Å². The molecule has 1 aromatic carbocycles. The summed E-state index contributed by atoms with van der Waals surface area (Å²) >= 11 is 0. The number of halogens is 1. The van der Waals surface area contributed by atoms with Gasteiger partial charge >= 0.3 is 0 Å². The standard InChI is InChI=1S/C13H16FN3/c1-9-3-4-11(12(14)7-9)13(15)8-10-5-6-17(2)16-10/h3-7,13H,8,15H2,1-2H3. The molecule has 4 heteroatoms. The molecule has 0 aliphatic carbocycles. The molecule has 2 aromatic rings. The fraction of sp³-hybridized carbons (Fsp3) is 0.308. The molecule has 0 fully saturated rings. The van der Waals surface area contributed by atoms with E-state index in [4.69, 9.17) is 5.73 Å². The molecule has 1 aromatic heterocycles. The van der Waals surface area contributed by atoms with Crippen molar-refractivity contribution in [1.29, 1.82) is 0 Å². The Balaban J connectivity index is 2.17. The second-order valence-corrected chi connectivity index (χ2v) is 4.32. The minimum Gasteiger partial charge on any atom is -0.324 e. The topological polar surface area (TPSA) is 43.8 Å². The van der Waals surface area contributed by atoms with E-state index in [1.807, 2.05) is 32.3 Å². The summed E-state index contributed by atoms with van der Waals surface area (Å²) in [5.41, 5.74) is 8.32. The van der Waals surface area contributed by atoms with Gasteiger partial charge in [-0.3, -0.25) is 4.68 Å². The predicted octanol–water partition coefficient (Wildman–Crippen LogP) is 2.11. The third-order valence-electron chi connectivity index (χ3n) is 2.75. The second-order valence-electron chi connectivity index (χ2n) is 4.32. The van der Waals surface area contributed by atoms with Gasteiger partial charge in [0.2, 0.25) is 0 Å². The van der Waals surface area contributed by atoms with Gasteiger partial charge in [0.1, 0.15) is 5.82 Å². The number of aromatic nitrogens is 2. The van der Waals surface area contributed by atoms with Gasteiger partial charge in [0.15, 0.2) is 0 Å². The third-order valence-corrected chi connectivity index (χ3v) is 2.75. The van der Waals surface area contributed by atoms with Crippen LogP contribution in [0.2, 0.25) is 0 Å². The molecule has 1 unspecified atom stereocenters. The number of rotatable bonds is 3. The molecule has 1 heterocycles. The maximum atomic E-state index is 13.7. The predicted molar refractivity (Wildman–Crippen MR) is 65.0 cm³/mol. The number of nitrogens with zero attached hydrogens (tertiary/aromatic N) is 2. The van der Waals surface area contributed by atoms with E-state index in [0.717, 1.165) is 11.3 Å². The van der Waals surface area contributed by atoms with Crippen LogP contribution in [0.3, 0.4) is 0 Å². The Bertz CT molecular complexity index is 519. The maximum Gasteiger partial charge on any atom is 0.128 e. The molecule has 3 nitrogen and oxygen atoms in total. The SMILES string of the molecule is Cc1ccc(C(N)Cc2ccn(C)n2)c(F)c1. The molecule has 0 aliphatic heterocycles. The monoisotopic (exact) mass is 233 g/mol. The molecule has 0 spiro atoms. The van der Waals surface area contributed by atoms with Gasteiger partial charge in [-0.1, -0.05) is 12.1 Å². The van der Waals surface area contributed by atoms with Crippen LogP contribution in [-0.2, 0) is 13.5 Å². The largest absolute Gasteiger partial charge is 0.324 e. The summed E-state index contributed by atoms with van der Waals surface area (Å²) in [6, 6.07) is 6.67. The Morgan fingerprint density at radius 3 is 2.76 bits per heavy atom. The van der Waals surface area contributed by atoms with Crippen LogP contribution < -0.4 is 5.73 Å².